The Hall–Kier alpha value is -2.35. The smallest absolute Gasteiger partial charge is 0.288 e. The van der Waals surface area contributed by atoms with E-state index in [4.69, 9.17) is 0 Å². The standard InChI is InChI=1S/C16H17N3O4S/c20-13-3-1-2-10-8-11(4-5-12(10)18-13)15(22)17-6-7-19-14(21)9-24-16(19)23/h4-5,8H,1-3,6-7,9H2,(H,17,22)(H,18,20). The molecular formula is C16H17N3O4S. The number of rotatable bonds is 4. The van der Waals surface area contributed by atoms with Crippen LogP contribution in [0.3, 0.4) is 0 Å². The number of carbonyl (C=O) groups is 4. The van der Waals surface area contributed by atoms with E-state index in [9.17, 15) is 19.2 Å². The molecule has 2 N–H and O–H groups in total. The third-order valence-electron chi connectivity index (χ3n) is 3.95. The van der Waals surface area contributed by atoms with E-state index in [1.807, 2.05) is 0 Å². The molecule has 0 unspecified atom stereocenters. The van der Waals surface area contributed by atoms with Crippen LogP contribution < -0.4 is 10.6 Å². The molecule has 24 heavy (non-hydrogen) atoms. The Morgan fingerprint density at radius 2 is 2.08 bits per heavy atom. The van der Waals surface area contributed by atoms with Gasteiger partial charge in [0.2, 0.25) is 11.8 Å². The van der Waals surface area contributed by atoms with Gasteiger partial charge >= 0.3 is 0 Å². The number of nitrogens with one attached hydrogen (secondary N) is 2. The number of carbonyl (C=O) groups excluding carboxylic acids is 4. The lowest BCUT2D eigenvalue weighted by Gasteiger charge is -2.14. The van der Waals surface area contributed by atoms with Crippen LogP contribution in [0, 0.1) is 0 Å². The second kappa shape index (κ2) is 7.04. The molecule has 4 amide bonds. The zero-order valence-electron chi connectivity index (χ0n) is 13.0. The summed E-state index contributed by atoms with van der Waals surface area (Å²) in [4.78, 5) is 47.9. The molecule has 0 saturated carbocycles. The molecule has 3 rings (SSSR count). The second-order valence-corrected chi connectivity index (χ2v) is 6.56. The van der Waals surface area contributed by atoms with Crippen LogP contribution in [0.15, 0.2) is 18.2 Å². The molecule has 2 aliphatic rings. The number of amides is 4. The Balaban J connectivity index is 1.59. The highest BCUT2D eigenvalue weighted by Crippen LogP contribution is 2.23. The molecule has 8 heteroatoms. The van der Waals surface area contributed by atoms with Gasteiger partial charge in [0.05, 0.1) is 5.75 Å². The minimum absolute atomic E-state index is 0.0104. The van der Waals surface area contributed by atoms with E-state index in [-0.39, 0.29) is 41.8 Å². The SMILES string of the molecule is O=C1CCCc2cc(C(=O)NCCN3C(=O)CSC3=O)ccc2N1. The lowest BCUT2D eigenvalue weighted by atomic mass is 10.0. The molecule has 0 aliphatic carbocycles. The number of hydrogen-bond donors (Lipinski definition) is 2. The van der Waals surface area contributed by atoms with Crippen LogP contribution in [-0.4, -0.2) is 46.7 Å². The first-order valence-corrected chi connectivity index (χ1v) is 8.71. The maximum atomic E-state index is 12.2. The van der Waals surface area contributed by atoms with Crippen molar-refractivity contribution in [3.63, 3.8) is 0 Å². The molecule has 126 valence electrons. The van der Waals surface area contributed by atoms with Crippen LogP contribution >= 0.6 is 11.8 Å². The lowest BCUT2D eigenvalue weighted by molar-refractivity contribution is -0.124. The van der Waals surface area contributed by atoms with Gasteiger partial charge in [0.25, 0.3) is 11.1 Å². The lowest BCUT2D eigenvalue weighted by Crippen LogP contribution is -2.37. The van der Waals surface area contributed by atoms with E-state index >= 15 is 0 Å². The zero-order chi connectivity index (χ0) is 17.1. The first-order valence-electron chi connectivity index (χ1n) is 7.72. The normalized spacial score (nSPS) is 17.3. The number of fused-ring (bicyclic) bond motifs is 1. The summed E-state index contributed by atoms with van der Waals surface area (Å²) in [6, 6.07) is 5.16. The highest BCUT2D eigenvalue weighted by molar-refractivity contribution is 8.14. The fourth-order valence-electron chi connectivity index (χ4n) is 2.70. The van der Waals surface area contributed by atoms with E-state index < -0.39 is 0 Å². The van der Waals surface area contributed by atoms with Crippen molar-refractivity contribution in [1.82, 2.24) is 10.2 Å². The number of anilines is 1. The summed E-state index contributed by atoms with van der Waals surface area (Å²) in [6.07, 6.45) is 1.97. The minimum Gasteiger partial charge on any atom is -0.350 e. The van der Waals surface area contributed by atoms with Crippen LogP contribution in [0.1, 0.15) is 28.8 Å². The van der Waals surface area contributed by atoms with Gasteiger partial charge in [-0.05, 0) is 36.6 Å². The van der Waals surface area contributed by atoms with Gasteiger partial charge in [-0.2, -0.15) is 0 Å². The molecule has 1 aromatic rings. The summed E-state index contributed by atoms with van der Waals surface area (Å²) < 4.78 is 0. The topological polar surface area (TPSA) is 95.6 Å². The van der Waals surface area contributed by atoms with Gasteiger partial charge in [-0.15, -0.1) is 0 Å². The van der Waals surface area contributed by atoms with Crippen LogP contribution in [0.2, 0.25) is 0 Å². The van der Waals surface area contributed by atoms with Gasteiger partial charge in [-0.1, -0.05) is 11.8 Å². The van der Waals surface area contributed by atoms with Crippen molar-refractivity contribution in [2.45, 2.75) is 19.3 Å². The van der Waals surface area contributed by atoms with Crippen molar-refractivity contribution in [2.24, 2.45) is 0 Å². The molecule has 0 bridgehead atoms. The minimum atomic E-state index is -0.268. The van der Waals surface area contributed by atoms with Crippen LogP contribution in [-0.2, 0) is 16.0 Å². The fraction of sp³-hybridized carbons (Fsp3) is 0.375. The molecule has 2 heterocycles. The summed E-state index contributed by atoms with van der Waals surface area (Å²) in [5, 5.41) is 5.27. The Kier molecular flexibility index (Phi) is 4.84. The van der Waals surface area contributed by atoms with Crippen LogP contribution in [0.5, 0.6) is 0 Å². The zero-order valence-corrected chi connectivity index (χ0v) is 13.8. The highest BCUT2D eigenvalue weighted by atomic mass is 32.2. The van der Waals surface area contributed by atoms with Crippen molar-refractivity contribution in [3.8, 4) is 0 Å². The maximum absolute atomic E-state index is 12.2. The third kappa shape index (κ3) is 3.59. The van der Waals surface area contributed by atoms with Crippen LogP contribution in [0.25, 0.3) is 0 Å². The first kappa shape index (κ1) is 16.5. The van der Waals surface area contributed by atoms with E-state index in [0.717, 1.165) is 40.8 Å². The summed E-state index contributed by atoms with van der Waals surface area (Å²) in [6.45, 7) is 0.391. The van der Waals surface area contributed by atoms with E-state index in [1.54, 1.807) is 18.2 Å². The summed E-state index contributed by atoms with van der Waals surface area (Å²) >= 11 is 0.977. The summed E-state index contributed by atoms with van der Waals surface area (Å²) in [5.74, 6) is -0.326. The molecule has 0 atom stereocenters. The molecule has 2 aliphatic heterocycles. The van der Waals surface area contributed by atoms with Gasteiger partial charge in [-0.3, -0.25) is 24.1 Å². The quantitative estimate of drug-likeness (QED) is 0.858. The number of thioether (sulfide) groups is 1. The average Bonchev–Trinajstić information content (AvgIpc) is 2.77. The molecule has 1 saturated heterocycles. The van der Waals surface area contributed by atoms with Crippen molar-refractivity contribution < 1.29 is 19.2 Å². The van der Waals surface area contributed by atoms with Crippen LogP contribution in [0.4, 0.5) is 10.5 Å². The predicted octanol–water partition coefficient (Wildman–Crippen LogP) is 1.39. The second-order valence-electron chi connectivity index (χ2n) is 5.63. The first-order chi connectivity index (χ1) is 11.5. The fourth-order valence-corrected chi connectivity index (χ4v) is 3.45. The van der Waals surface area contributed by atoms with Gasteiger partial charge in [0, 0.05) is 30.8 Å². The third-order valence-corrected chi connectivity index (χ3v) is 4.81. The number of benzene rings is 1. The van der Waals surface area contributed by atoms with Crippen molar-refractivity contribution in [2.75, 3.05) is 24.2 Å². The van der Waals surface area contributed by atoms with Gasteiger partial charge in [-0.25, -0.2) is 0 Å². The summed E-state index contributed by atoms with van der Waals surface area (Å²) in [5.41, 5.74) is 2.19. The Morgan fingerprint density at radius 1 is 1.25 bits per heavy atom. The molecule has 0 spiro atoms. The molecular weight excluding hydrogens is 330 g/mol. The monoisotopic (exact) mass is 347 g/mol. The Morgan fingerprint density at radius 3 is 2.83 bits per heavy atom. The van der Waals surface area contributed by atoms with E-state index in [0.29, 0.717) is 12.0 Å². The van der Waals surface area contributed by atoms with E-state index in [2.05, 4.69) is 10.6 Å². The molecule has 0 radical (unpaired) electrons. The molecule has 1 aromatic carbocycles. The molecule has 0 aromatic heterocycles. The van der Waals surface area contributed by atoms with Gasteiger partial charge in [0.1, 0.15) is 0 Å². The van der Waals surface area contributed by atoms with Crippen molar-refractivity contribution >= 4 is 40.4 Å². The summed E-state index contributed by atoms with van der Waals surface area (Å²) in [7, 11) is 0. The molecule has 1 fully saturated rings. The van der Waals surface area contributed by atoms with E-state index in [1.165, 1.54) is 0 Å². The molecule has 7 nitrogen and oxygen atoms in total. The Bertz CT molecular complexity index is 703. The van der Waals surface area contributed by atoms with Gasteiger partial charge < -0.3 is 10.6 Å². The highest BCUT2D eigenvalue weighted by Gasteiger charge is 2.29. The largest absolute Gasteiger partial charge is 0.350 e. The average molecular weight is 347 g/mol. The Labute approximate surface area is 143 Å². The number of nitrogens with zero attached hydrogens (tertiary/aromatic N) is 1. The predicted molar refractivity (Wildman–Crippen MR) is 89.9 cm³/mol. The number of imide groups is 1. The van der Waals surface area contributed by atoms with Crippen molar-refractivity contribution in [3.05, 3.63) is 29.3 Å². The van der Waals surface area contributed by atoms with Crippen molar-refractivity contribution in [1.29, 1.82) is 0 Å². The number of aryl methyl sites for hydroxylation is 1. The number of hydrogen-bond acceptors (Lipinski definition) is 5. The maximum Gasteiger partial charge on any atom is 0.288 e. The van der Waals surface area contributed by atoms with Gasteiger partial charge in [0.15, 0.2) is 0 Å².